The standard InChI is InChI=1S/C14H21NO/c1-2-3-6-11-16-12-14-8-5-4-7-13(14)9-10-15/h2,4-5,7-8H,1,3,6,9-12,15H2. The summed E-state index contributed by atoms with van der Waals surface area (Å²) in [6.45, 7) is 5.86. The van der Waals surface area contributed by atoms with Gasteiger partial charge in [0.2, 0.25) is 0 Å². The zero-order chi connectivity index (χ0) is 11.6. The van der Waals surface area contributed by atoms with E-state index in [-0.39, 0.29) is 0 Å². The molecule has 1 rings (SSSR count). The molecule has 0 aliphatic rings. The summed E-state index contributed by atoms with van der Waals surface area (Å²) >= 11 is 0. The molecule has 88 valence electrons. The minimum atomic E-state index is 0.688. The zero-order valence-electron chi connectivity index (χ0n) is 9.82. The lowest BCUT2D eigenvalue weighted by molar-refractivity contribution is 0.118. The van der Waals surface area contributed by atoms with Crippen molar-refractivity contribution in [2.24, 2.45) is 5.73 Å². The number of nitrogens with two attached hydrogens (primary N) is 1. The van der Waals surface area contributed by atoms with Gasteiger partial charge in [0.05, 0.1) is 6.61 Å². The van der Waals surface area contributed by atoms with Crippen LogP contribution in [0.3, 0.4) is 0 Å². The van der Waals surface area contributed by atoms with Crippen LogP contribution >= 0.6 is 0 Å². The van der Waals surface area contributed by atoms with Gasteiger partial charge in [-0.3, -0.25) is 0 Å². The van der Waals surface area contributed by atoms with Crippen molar-refractivity contribution in [1.82, 2.24) is 0 Å². The van der Waals surface area contributed by atoms with Crippen molar-refractivity contribution in [1.29, 1.82) is 0 Å². The predicted molar refractivity (Wildman–Crippen MR) is 68.3 cm³/mol. The molecule has 0 aliphatic carbocycles. The third-order valence-electron chi connectivity index (χ3n) is 2.49. The summed E-state index contributed by atoms with van der Waals surface area (Å²) in [6.07, 6.45) is 4.91. The Morgan fingerprint density at radius 1 is 1.25 bits per heavy atom. The SMILES string of the molecule is C=CCCCOCc1ccccc1CCN. The van der Waals surface area contributed by atoms with Gasteiger partial charge in [-0.05, 0) is 36.9 Å². The van der Waals surface area contributed by atoms with Crippen LogP contribution in [0.15, 0.2) is 36.9 Å². The summed E-state index contributed by atoms with van der Waals surface area (Å²) in [5.41, 5.74) is 8.13. The van der Waals surface area contributed by atoms with E-state index in [1.807, 2.05) is 18.2 Å². The summed E-state index contributed by atoms with van der Waals surface area (Å²) in [7, 11) is 0. The molecule has 0 atom stereocenters. The highest BCUT2D eigenvalue weighted by atomic mass is 16.5. The summed E-state index contributed by atoms with van der Waals surface area (Å²) < 4.78 is 5.62. The Morgan fingerprint density at radius 2 is 2.00 bits per heavy atom. The van der Waals surface area contributed by atoms with Crippen LogP contribution < -0.4 is 5.73 Å². The highest BCUT2D eigenvalue weighted by molar-refractivity contribution is 5.26. The van der Waals surface area contributed by atoms with E-state index in [1.165, 1.54) is 11.1 Å². The Balaban J connectivity index is 2.37. The van der Waals surface area contributed by atoms with E-state index < -0.39 is 0 Å². The van der Waals surface area contributed by atoms with Crippen LogP contribution in [0, 0.1) is 0 Å². The number of rotatable bonds is 8. The maximum absolute atomic E-state index is 5.62. The Labute approximate surface area is 98.1 Å². The Bertz CT molecular complexity index is 309. The lowest BCUT2D eigenvalue weighted by atomic mass is 10.1. The fourth-order valence-electron chi connectivity index (χ4n) is 1.61. The van der Waals surface area contributed by atoms with Gasteiger partial charge >= 0.3 is 0 Å². The van der Waals surface area contributed by atoms with E-state index >= 15 is 0 Å². The van der Waals surface area contributed by atoms with Gasteiger partial charge in [-0.25, -0.2) is 0 Å². The average molecular weight is 219 g/mol. The number of unbranched alkanes of at least 4 members (excludes halogenated alkanes) is 1. The van der Waals surface area contributed by atoms with Gasteiger partial charge in [0.25, 0.3) is 0 Å². The molecule has 16 heavy (non-hydrogen) atoms. The summed E-state index contributed by atoms with van der Waals surface area (Å²) in [5, 5.41) is 0. The van der Waals surface area contributed by atoms with Gasteiger partial charge in [0, 0.05) is 6.61 Å². The first-order valence-corrected chi connectivity index (χ1v) is 5.84. The topological polar surface area (TPSA) is 35.2 Å². The molecule has 0 saturated heterocycles. The largest absolute Gasteiger partial charge is 0.377 e. The molecular formula is C14H21NO. The predicted octanol–water partition coefficient (Wildman–Crippen LogP) is 2.67. The smallest absolute Gasteiger partial charge is 0.0719 e. The first-order chi connectivity index (χ1) is 7.88. The molecule has 2 nitrogen and oxygen atoms in total. The molecule has 0 amide bonds. The van der Waals surface area contributed by atoms with E-state index in [0.717, 1.165) is 25.9 Å². The molecule has 0 aliphatic heterocycles. The molecule has 2 heteroatoms. The van der Waals surface area contributed by atoms with E-state index in [2.05, 4.69) is 18.7 Å². The van der Waals surface area contributed by atoms with Crippen LogP contribution in [-0.2, 0) is 17.8 Å². The molecule has 1 aromatic carbocycles. The van der Waals surface area contributed by atoms with E-state index in [1.54, 1.807) is 0 Å². The van der Waals surface area contributed by atoms with Gasteiger partial charge in [-0.1, -0.05) is 30.3 Å². The first kappa shape index (κ1) is 12.9. The van der Waals surface area contributed by atoms with Gasteiger partial charge in [-0.2, -0.15) is 0 Å². The second kappa shape index (κ2) is 8.08. The molecule has 0 heterocycles. The number of ether oxygens (including phenoxy) is 1. The number of allylic oxidation sites excluding steroid dienone is 1. The minimum absolute atomic E-state index is 0.688. The molecule has 0 bridgehead atoms. The van der Waals surface area contributed by atoms with Crippen molar-refractivity contribution in [2.45, 2.75) is 25.9 Å². The maximum Gasteiger partial charge on any atom is 0.0719 e. The molecule has 0 fully saturated rings. The zero-order valence-corrected chi connectivity index (χ0v) is 9.82. The second-order valence-electron chi connectivity index (χ2n) is 3.79. The number of hydrogen-bond donors (Lipinski definition) is 1. The van der Waals surface area contributed by atoms with Crippen molar-refractivity contribution in [3.63, 3.8) is 0 Å². The van der Waals surface area contributed by atoms with Gasteiger partial charge in [0.15, 0.2) is 0 Å². The highest BCUT2D eigenvalue weighted by Crippen LogP contribution is 2.10. The third kappa shape index (κ3) is 4.60. The molecule has 1 aromatic rings. The number of benzene rings is 1. The Kier molecular flexibility index (Phi) is 6.54. The molecule has 0 spiro atoms. The molecule has 0 unspecified atom stereocenters. The normalized spacial score (nSPS) is 10.3. The van der Waals surface area contributed by atoms with Crippen molar-refractivity contribution in [3.8, 4) is 0 Å². The van der Waals surface area contributed by atoms with Crippen LogP contribution in [0.4, 0.5) is 0 Å². The van der Waals surface area contributed by atoms with Crippen LogP contribution in [0.25, 0.3) is 0 Å². The van der Waals surface area contributed by atoms with Crippen molar-refractivity contribution in [3.05, 3.63) is 48.0 Å². The Hall–Kier alpha value is -1.12. The van der Waals surface area contributed by atoms with Crippen molar-refractivity contribution < 1.29 is 4.74 Å². The van der Waals surface area contributed by atoms with E-state index in [4.69, 9.17) is 10.5 Å². The van der Waals surface area contributed by atoms with Gasteiger partial charge < -0.3 is 10.5 Å². The Morgan fingerprint density at radius 3 is 2.69 bits per heavy atom. The summed E-state index contributed by atoms with van der Waals surface area (Å²) in [4.78, 5) is 0. The quantitative estimate of drug-likeness (QED) is 0.539. The molecule has 0 aromatic heterocycles. The highest BCUT2D eigenvalue weighted by Gasteiger charge is 2.00. The summed E-state index contributed by atoms with van der Waals surface area (Å²) in [6, 6.07) is 8.32. The third-order valence-corrected chi connectivity index (χ3v) is 2.49. The summed E-state index contributed by atoms with van der Waals surface area (Å²) in [5.74, 6) is 0. The number of hydrogen-bond acceptors (Lipinski definition) is 2. The van der Waals surface area contributed by atoms with Crippen LogP contribution in [0.2, 0.25) is 0 Å². The first-order valence-electron chi connectivity index (χ1n) is 5.84. The van der Waals surface area contributed by atoms with Crippen molar-refractivity contribution in [2.75, 3.05) is 13.2 Å². The van der Waals surface area contributed by atoms with E-state index in [0.29, 0.717) is 13.2 Å². The van der Waals surface area contributed by atoms with Crippen LogP contribution in [0.5, 0.6) is 0 Å². The lowest BCUT2D eigenvalue weighted by Gasteiger charge is -2.09. The second-order valence-corrected chi connectivity index (χ2v) is 3.79. The van der Waals surface area contributed by atoms with Crippen LogP contribution in [-0.4, -0.2) is 13.2 Å². The minimum Gasteiger partial charge on any atom is -0.377 e. The lowest BCUT2D eigenvalue weighted by Crippen LogP contribution is -2.06. The van der Waals surface area contributed by atoms with Gasteiger partial charge in [0.1, 0.15) is 0 Å². The maximum atomic E-state index is 5.62. The van der Waals surface area contributed by atoms with Crippen LogP contribution in [0.1, 0.15) is 24.0 Å². The average Bonchev–Trinajstić information content (AvgIpc) is 2.31. The van der Waals surface area contributed by atoms with E-state index in [9.17, 15) is 0 Å². The molecular weight excluding hydrogens is 198 g/mol. The monoisotopic (exact) mass is 219 g/mol. The fraction of sp³-hybridized carbons (Fsp3) is 0.429. The van der Waals surface area contributed by atoms with Crippen molar-refractivity contribution >= 4 is 0 Å². The fourth-order valence-corrected chi connectivity index (χ4v) is 1.61. The molecule has 2 N–H and O–H groups in total. The van der Waals surface area contributed by atoms with Gasteiger partial charge in [-0.15, -0.1) is 6.58 Å². The molecule has 0 saturated carbocycles. The molecule has 0 radical (unpaired) electrons.